The van der Waals surface area contributed by atoms with Crippen molar-refractivity contribution in [2.45, 2.75) is 0 Å². The summed E-state index contributed by atoms with van der Waals surface area (Å²) in [5.74, 6) is 0. The molecule has 1 saturated heterocycles. The fourth-order valence-corrected chi connectivity index (χ4v) is 1.24. The van der Waals surface area contributed by atoms with Crippen molar-refractivity contribution in [3.63, 3.8) is 0 Å². The van der Waals surface area contributed by atoms with Crippen molar-refractivity contribution in [2.75, 3.05) is 39.3 Å². The van der Waals surface area contributed by atoms with Crippen LogP contribution in [0.5, 0.6) is 0 Å². The molecule has 0 spiro atoms. The number of hydrogen-bond donors (Lipinski definition) is 3. The van der Waals surface area contributed by atoms with Gasteiger partial charge in [0.1, 0.15) is 0 Å². The van der Waals surface area contributed by atoms with Crippen molar-refractivity contribution < 1.29 is 5.11 Å². The monoisotopic (exact) mass is 199 g/mol. The second kappa shape index (κ2) is 7.43. The third-order valence-corrected chi connectivity index (χ3v) is 1.96. The van der Waals surface area contributed by atoms with Gasteiger partial charge < -0.3 is 10.4 Å². The van der Waals surface area contributed by atoms with Crippen molar-refractivity contribution in [3.05, 3.63) is 12.4 Å². The van der Waals surface area contributed by atoms with Crippen LogP contribution in [0.3, 0.4) is 0 Å². The van der Waals surface area contributed by atoms with E-state index in [0.29, 0.717) is 6.61 Å². The number of aromatic amines is 1. The lowest BCUT2D eigenvalue weighted by molar-refractivity contribution is 0.180. The predicted molar refractivity (Wildman–Crippen MR) is 52.8 cm³/mol. The number of nitrogens with one attached hydrogen (secondary N) is 2. The molecule has 1 aliphatic rings. The van der Waals surface area contributed by atoms with Crippen LogP contribution < -0.4 is 5.32 Å². The summed E-state index contributed by atoms with van der Waals surface area (Å²) in [7, 11) is 0. The second-order valence-electron chi connectivity index (χ2n) is 2.97. The zero-order chi connectivity index (χ0) is 10.1. The highest BCUT2D eigenvalue weighted by Crippen LogP contribution is 1.88. The molecule has 1 aromatic heterocycles. The van der Waals surface area contributed by atoms with Crippen molar-refractivity contribution >= 4 is 0 Å². The van der Waals surface area contributed by atoms with Gasteiger partial charge in [0.2, 0.25) is 0 Å². The summed E-state index contributed by atoms with van der Waals surface area (Å²) in [4.78, 5) is 2.26. The Morgan fingerprint density at radius 2 is 1.86 bits per heavy atom. The fourth-order valence-electron chi connectivity index (χ4n) is 1.24. The van der Waals surface area contributed by atoms with E-state index >= 15 is 0 Å². The molecule has 0 unspecified atom stereocenters. The highest BCUT2D eigenvalue weighted by Gasteiger charge is 2.06. The first-order valence-corrected chi connectivity index (χ1v) is 4.77. The third-order valence-electron chi connectivity index (χ3n) is 1.96. The standard InChI is InChI=1S/C6H14N2O.C2H3N3/c9-6-5-8-3-1-7-2-4-8;1-2-4-5-3-1/h7,9H,1-6H2;1-2H,(H,3,4,5). The number of hydrogen-bond acceptors (Lipinski definition) is 5. The Morgan fingerprint density at radius 1 is 1.21 bits per heavy atom. The molecule has 0 amide bonds. The van der Waals surface area contributed by atoms with E-state index in [-0.39, 0.29) is 0 Å². The summed E-state index contributed by atoms with van der Waals surface area (Å²) in [5, 5.41) is 21.1. The van der Waals surface area contributed by atoms with Crippen molar-refractivity contribution in [1.29, 1.82) is 0 Å². The van der Waals surface area contributed by atoms with E-state index in [2.05, 4.69) is 25.6 Å². The minimum atomic E-state index is 0.292. The van der Waals surface area contributed by atoms with Gasteiger partial charge in [-0.2, -0.15) is 15.4 Å². The first kappa shape index (κ1) is 11.1. The minimum Gasteiger partial charge on any atom is -0.395 e. The molecule has 6 nitrogen and oxygen atoms in total. The Balaban J connectivity index is 0.000000165. The normalized spacial score (nSPS) is 17.2. The van der Waals surface area contributed by atoms with Gasteiger partial charge in [0.25, 0.3) is 0 Å². The van der Waals surface area contributed by atoms with E-state index in [0.717, 1.165) is 32.7 Å². The van der Waals surface area contributed by atoms with Crippen molar-refractivity contribution in [3.8, 4) is 0 Å². The van der Waals surface area contributed by atoms with Crippen LogP contribution in [0.1, 0.15) is 0 Å². The number of aliphatic hydroxyl groups is 1. The topological polar surface area (TPSA) is 77.1 Å². The molecule has 1 aromatic rings. The van der Waals surface area contributed by atoms with Gasteiger partial charge in [-0.05, 0) is 0 Å². The molecule has 14 heavy (non-hydrogen) atoms. The Kier molecular flexibility index (Phi) is 5.89. The quantitative estimate of drug-likeness (QED) is 0.551. The first-order valence-electron chi connectivity index (χ1n) is 4.77. The number of aliphatic hydroxyl groups excluding tert-OH is 1. The van der Waals surface area contributed by atoms with E-state index in [1.165, 1.54) is 0 Å². The largest absolute Gasteiger partial charge is 0.395 e. The van der Waals surface area contributed by atoms with Crippen LogP contribution >= 0.6 is 0 Å². The maximum absolute atomic E-state index is 8.56. The van der Waals surface area contributed by atoms with Gasteiger partial charge in [-0.25, -0.2) is 0 Å². The van der Waals surface area contributed by atoms with E-state index in [4.69, 9.17) is 5.11 Å². The molecule has 2 rings (SSSR count). The SMILES string of the molecule is OCCN1CCNCC1.c1cn[nH]n1. The summed E-state index contributed by atoms with van der Waals surface area (Å²) < 4.78 is 0. The minimum absolute atomic E-state index is 0.292. The number of β-amino-alcohol motifs (C(OH)–C–C–N with tert-alkyl or cyclic N) is 1. The maximum atomic E-state index is 8.56. The summed E-state index contributed by atoms with van der Waals surface area (Å²) in [6.07, 6.45) is 3.17. The summed E-state index contributed by atoms with van der Waals surface area (Å²) in [5.41, 5.74) is 0. The predicted octanol–water partition coefficient (Wildman–Crippen LogP) is -1.31. The van der Waals surface area contributed by atoms with E-state index in [1.807, 2.05) is 0 Å². The van der Waals surface area contributed by atoms with Crippen molar-refractivity contribution in [1.82, 2.24) is 25.6 Å². The molecule has 0 atom stereocenters. The zero-order valence-corrected chi connectivity index (χ0v) is 8.19. The number of piperazine rings is 1. The smallest absolute Gasteiger partial charge is 0.0690 e. The summed E-state index contributed by atoms with van der Waals surface area (Å²) in [6, 6.07) is 0. The molecule has 1 aliphatic heterocycles. The van der Waals surface area contributed by atoms with Crippen LogP contribution in [0.4, 0.5) is 0 Å². The van der Waals surface area contributed by atoms with E-state index < -0.39 is 0 Å². The highest BCUT2D eigenvalue weighted by molar-refractivity contribution is 4.66. The first-order chi connectivity index (χ1) is 6.93. The van der Waals surface area contributed by atoms with Crippen LogP contribution in [0.2, 0.25) is 0 Å². The Bertz CT molecular complexity index is 178. The van der Waals surface area contributed by atoms with Gasteiger partial charge >= 0.3 is 0 Å². The van der Waals surface area contributed by atoms with Crippen LogP contribution in [-0.4, -0.2) is 64.7 Å². The van der Waals surface area contributed by atoms with Gasteiger partial charge in [0, 0.05) is 32.7 Å². The van der Waals surface area contributed by atoms with Gasteiger partial charge in [-0.3, -0.25) is 4.90 Å². The lowest BCUT2D eigenvalue weighted by atomic mass is 10.4. The number of rotatable bonds is 2. The number of nitrogens with zero attached hydrogens (tertiary/aromatic N) is 3. The molecule has 0 bridgehead atoms. The molecular weight excluding hydrogens is 182 g/mol. The highest BCUT2D eigenvalue weighted by atomic mass is 16.3. The van der Waals surface area contributed by atoms with Crippen molar-refractivity contribution in [2.24, 2.45) is 0 Å². The summed E-state index contributed by atoms with van der Waals surface area (Å²) >= 11 is 0. The molecule has 1 fully saturated rings. The summed E-state index contributed by atoms with van der Waals surface area (Å²) in [6.45, 7) is 5.43. The van der Waals surface area contributed by atoms with Gasteiger partial charge in [-0.1, -0.05) is 0 Å². The fraction of sp³-hybridized carbons (Fsp3) is 0.750. The van der Waals surface area contributed by atoms with Crippen LogP contribution in [-0.2, 0) is 0 Å². The maximum Gasteiger partial charge on any atom is 0.0690 e. The molecule has 3 N–H and O–H groups in total. The lowest BCUT2D eigenvalue weighted by Crippen LogP contribution is -2.44. The molecular formula is C8H17N5O. The zero-order valence-electron chi connectivity index (χ0n) is 8.19. The molecule has 6 heteroatoms. The van der Waals surface area contributed by atoms with Crippen LogP contribution in [0, 0.1) is 0 Å². The molecule has 80 valence electrons. The molecule has 0 aliphatic carbocycles. The average molecular weight is 199 g/mol. The third kappa shape index (κ3) is 4.90. The van der Waals surface area contributed by atoms with E-state index in [1.54, 1.807) is 12.4 Å². The lowest BCUT2D eigenvalue weighted by Gasteiger charge is -2.25. The number of H-pyrrole nitrogens is 1. The van der Waals surface area contributed by atoms with Gasteiger partial charge in [-0.15, -0.1) is 0 Å². The molecule has 0 radical (unpaired) electrons. The molecule has 2 heterocycles. The Hall–Kier alpha value is -0.980. The Labute approximate surface area is 83.3 Å². The second-order valence-corrected chi connectivity index (χ2v) is 2.97. The van der Waals surface area contributed by atoms with Crippen LogP contribution in [0.15, 0.2) is 12.4 Å². The number of aromatic nitrogens is 3. The van der Waals surface area contributed by atoms with E-state index in [9.17, 15) is 0 Å². The van der Waals surface area contributed by atoms with Crippen LogP contribution in [0.25, 0.3) is 0 Å². The molecule has 0 aromatic carbocycles. The average Bonchev–Trinajstić information content (AvgIpc) is 2.78. The van der Waals surface area contributed by atoms with Gasteiger partial charge in [0.15, 0.2) is 0 Å². The molecule has 0 saturated carbocycles. The Morgan fingerprint density at radius 3 is 2.29 bits per heavy atom. The van der Waals surface area contributed by atoms with Gasteiger partial charge in [0.05, 0.1) is 19.0 Å².